The summed E-state index contributed by atoms with van der Waals surface area (Å²) in [6, 6.07) is 8.97. The van der Waals surface area contributed by atoms with Crippen molar-refractivity contribution in [1.82, 2.24) is 4.57 Å². The van der Waals surface area contributed by atoms with Crippen LogP contribution in [0.15, 0.2) is 29.1 Å². The van der Waals surface area contributed by atoms with Gasteiger partial charge in [-0.3, -0.25) is 9.36 Å². The average Bonchev–Trinajstić information content (AvgIpc) is 2.59. The van der Waals surface area contributed by atoms with Crippen molar-refractivity contribution < 1.29 is 4.74 Å². The molecule has 1 aromatic heterocycles. The maximum absolute atomic E-state index is 11.8. The van der Waals surface area contributed by atoms with Crippen molar-refractivity contribution in [3.63, 3.8) is 0 Å². The van der Waals surface area contributed by atoms with E-state index in [4.69, 9.17) is 4.74 Å². The number of thiazole rings is 1. The van der Waals surface area contributed by atoms with E-state index in [1.54, 1.807) is 4.57 Å². The lowest BCUT2D eigenvalue weighted by atomic mass is 10.3. The molecule has 0 bridgehead atoms. The molecule has 2 aromatic rings. The van der Waals surface area contributed by atoms with E-state index in [-0.39, 0.29) is 4.87 Å². The predicted octanol–water partition coefficient (Wildman–Crippen LogP) is 3.38. The SMILES string of the molecule is C[Si](C)(C)CCOCn1c(=O)sc2ccccc21. The number of ether oxygens (including phenoxy) is 1. The van der Waals surface area contributed by atoms with E-state index in [0.717, 1.165) is 22.9 Å². The van der Waals surface area contributed by atoms with Crippen molar-refractivity contribution in [1.29, 1.82) is 0 Å². The van der Waals surface area contributed by atoms with E-state index in [1.165, 1.54) is 11.3 Å². The zero-order chi connectivity index (χ0) is 13.2. The van der Waals surface area contributed by atoms with Crippen LogP contribution < -0.4 is 4.87 Å². The van der Waals surface area contributed by atoms with Crippen LogP contribution in [0, 0.1) is 0 Å². The van der Waals surface area contributed by atoms with E-state index < -0.39 is 8.07 Å². The van der Waals surface area contributed by atoms with Crippen molar-refractivity contribution in [2.24, 2.45) is 0 Å². The molecule has 5 heteroatoms. The minimum absolute atomic E-state index is 0.0594. The van der Waals surface area contributed by atoms with Crippen LogP contribution in [0.1, 0.15) is 0 Å². The fraction of sp³-hybridized carbons (Fsp3) is 0.462. The summed E-state index contributed by atoms with van der Waals surface area (Å²) in [7, 11) is -1.06. The number of para-hydroxylation sites is 1. The van der Waals surface area contributed by atoms with E-state index in [9.17, 15) is 4.79 Å². The normalized spacial score (nSPS) is 12.2. The van der Waals surface area contributed by atoms with Gasteiger partial charge in [0.1, 0.15) is 6.73 Å². The molecule has 0 radical (unpaired) electrons. The van der Waals surface area contributed by atoms with Crippen molar-refractivity contribution in [2.75, 3.05) is 6.61 Å². The first-order valence-corrected chi connectivity index (χ1v) is 10.7. The molecule has 0 spiro atoms. The Bertz CT molecular complexity index is 582. The number of hydrogen-bond acceptors (Lipinski definition) is 3. The van der Waals surface area contributed by atoms with E-state index >= 15 is 0 Å². The van der Waals surface area contributed by atoms with E-state index in [2.05, 4.69) is 19.6 Å². The maximum atomic E-state index is 11.8. The first-order valence-electron chi connectivity index (χ1n) is 6.13. The lowest BCUT2D eigenvalue weighted by Crippen LogP contribution is -2.23. The number of fused-ring (bicyclic) bond motifs is 1. The standard InChI is InChI=1S/C13H19NO2SSi/c1-18(2,3)9-8-16-10-14-11-6-4-5-7-12(11)17-13(14)15/h4-7H,8-10H2,1-3H3. The molecule has 1 aromatic carbocycles. The van der Waals surface area contributed by atoms with Crippen LogP contribution in [0.3, 0.4) is 0 Å². The monoisotopic (exact) mass is 281 g/mol. The van der Waals surface area contributed by atoms with E-state index in [1.807, 2.05) is 24.3 Å². The highest BCUT2D eigenvalue weighted by atomic mass is 32.1. The molecule has 0 unspecified atom stereocenters. The highest BCUT2D eigenvalue weighted by Gasteiger charge is 2.12. The van der Waals surface area contributed by atoms with Gasteiger partial charge in [-0.25, -0.2) is 0 Å². The summed E-state index contributed by atoms with van der Waals surface area (Å²) in [5.74, 6) is 0. The van der Waals surface area contributed by atoms with Gasteiger partial charge in [0, 0.05) is 14.7 Å². The van der Waals surface area contributed by atoms with Gasteiger partial charge in [0.05, 0.1) is 10.2 Å². The number of hydrogen-bond donors (Lipinski definition) is 0. The third-order valence-corrected chi connectivity index (χ3v) is 5.45. The lowest BCUT2D eigenvalue weighted by Gasteiger charge is -2.15. The van der Waals surface area contributed by atoms with Crippen LogP contribution in [0.5, 0.6) is 0 Å². The highest BCUT2D eigenvalue weighted by molar-refractivity contribution is 7.16. The Hall–Kier alpha value is -0.913. The van der Waals surface area contributed by atoms with Crippen molar-refractivity contribution >= 4 is 29.6 Å². The fourth-order valence-corrected chi connectivity index (χ4v) is 3.31. The van der Waals surface area contributed by atoms with Gasteiger partial charge in [-0.05, 0) is 18.2 Å². The molecule has 0 atom stereocenters. The Labute approximate surface area is 112 Å². The number of nitrogens with zero attached hydrogens (tertiary/aromatic N) is 1. The van der Waals surface area contributed by atoms with Gasteiger partial charge in [0.15, 0.2) is 0 Å². The molecular formula is C13H19NO2SSi. The Kier molecular flexibility index (Phi) is 4.04. The first kappa shape index (κ1) is 13.5. The lowest BCUT2D eigenvalue weighted by molar-refractivity contribution is 0.0888. The van der Waals surface area contributed by atoms with Crippen LogP contribution >= 0.6 is 11.3 Å². The van der Waals surface area contributed by atoms with Gasteiger partial charge < -0.3 is 4.74 Å². The summed E-state index contributed by atoms with van der Waals surface area (Å²) in [5, 5.41) is 0. The molecule has 0 amide bonds. The van der Waals surface area contributed by atoms with Crippen molar-refractivity contribution in [2.45, 2.75) is 32.4 Å². The van der Waals surface area contributed by atoms with E-state index in [0.29, 0.717) is 6.73 Å². The Morgan fingerprint density at radius 3 is 2.72 bits per heavy atom. The average molecular weight is 281 g/mol. The summed E-state index contributed by atoms with van der Waals surface area (Å²) in [6.07, 6.45) is 0. The molecule has 0 saturated heterocycles. The molecular weight excluding hydrogens is 262 g/mol. The molecule has 2 rings (SSSR count). The second-order valence-corrected chi connectivity index (χ2v) is 12.2. The summed E-state index contributed by atoms with van der Waals surface area (Å²) in [6.45, 7) is 8.08. The van der Waals surface area contributed by atoms with Gasteiger partial charge in [-0.15, -0.1) is 0 Å². The number of aromatic nitrogens is 1. The molecule has 0 aliphatic rings. The Morgan fingerprint density at radius 1 is 1.28 bits per heavy atom. The molecule has 0 aliphatic carbocycles. The molecule has 0 saturated carbocycles. The second-order valence-electron chi connectivity index (χ2n) is 5.61. The van der Waals surface area contributed by atoms with Gasteiger partial charge >= 0.3 is 4.87 Å². The third kappa shape index (κ3) is 3.31. The van der Waals surface area contributed by atoms with Crippen LogP contribution in [0.2, 0.25) is 25.7 Å². The van der Waals surface area contributed by atoms with Gasteiger partial charge in [0.25, 0.3) is 0 Å². The number of rotatable bonds is 5. The van der Waals surface area contributed by atoms with Gasteiger partial charge in [0.2, 0.25) is 0 Å². The zero-order valence-corrected chi connectivity index (χ0v) is 12.9. The Morgan fingerprint density at radius 2 is 2.00 bits per heavy atom. The Balaban J connectivity index is 2.04. The second kappa shape index (κ2) is 5.38. The highest BCUT2D eigenvalue weighted by Crippen LogP contribution is 2.16. The quantitative estimate of drug-likeness (QED) is 0.621. The predicted molar refractivity (Wildman–Crippen MR) is 80.2 cm³/mol. The van der Waals surface area contributed by atoms with Gasteiger partial charge in [-0.2, -0.15) is 0 Å². The third-order valence-electron chi connectivity index (χ3n) is 2.79. The summed E-state index contributed by atoms with van der Waals surface area (Å²) >= 11 is 1.28. The van der Waals surface area contributed by atoms with Gasteiger partial charge in [-0.1, -0.05) is 43.1 Å². The summed E-state index contributed by atoms with van der Waals surface area (Å²) < 4.78 is 8.38. The largest absolute Gasteiger partial charge is 0.361 e. The van der Waals surface area contributed by atoms with Crippen molar-refractivity contribution in [3.05, 3.63) is 33.9 Å². The van der Waals surface area contributed by atoms with Crippen LogP contribution in [-0.2, 0) is 11.5 Å². The summed E-state index contributed by atoms with van der Waals surface area (Å²) in [4.78, 5) is 11.9. The molecule has 0 N–H and O–H groups in total. The smallest absolute Gasteiger partial charge is 0.310 e. The van der Waals surface area contributed by atoms with Crippen LogP contribution in [0.4, 0.5) is 0 Å². The molecule has 18 heavy (non-hydrogen) atoms. The molecule has 0 fully saturated rings. The zero-order valence-electron chi connectivity index (χ0n) is 11.1. The minimum Gasteiger partial charge on any atom is -0.361 e. The molecule has 0 aliphatic heterocycles. The maximum Gasteiger partial charge on any atom is 0.310 e. The minimum atomic E-state index is -1.06. The fourth-order valence-electron chi connectivity index (χ4n) is 1.67. The molecule has 3 nitrogen and oxygen atoms in total. The van der Waals surface area contributed by atoms with Crippen LogP contribution in [0.25, 0.3) is 10.2 Å². The number of benzene rings is 1. The van der Waals surface area contributed by atoms with Crippen molar-refractivity contribution in [3.8, 4) is 0 Å². The topological polar surface area (TPSA) is 31.2 Å². The van der Waals surface area contributed by atoms with Crippen LogP contribution in [-0.4, -0.2) is 19.2 Å². The molecule has 1 heterocycles. The summed E-state index contributed by atoms with van der Waals surface area (Å²) in [5.41, 5.74) is 0.973. The molecule has 98 valence electrons. The first-order chi connectivity index (χ1) is 8.47.